The maximum absolute atomic E-state index is 17.5. The molecule has 2 N–H and O–H groups in total. The van der Waals surface area contributed by atoms with Gasteiger partial charge in [0.1, 0.15) is 44.0 Å². The molecule has 4 aromatic rings. The Bertz CT molecular complexity index is 2390. The lowest BCUT2D eigenvalue weighted by Gasteiger charge is -2.38. The molecular weight excluding hydrogens is 759 g/mol. The Balaban J connectivity index is 1.36. The number of aromatic nitrogens is 3. The van der Waals surface area contributed by atoms with Crippen LogP contribution >= 0.6 is 0 Å². The molecule has 1 aliphatic carbocycles. The monoisotopic (exact) mass is 810 g/mol. The van der Waals surface area contributed by atoms with Crippen LogP contribution in [0.25, 0.3) is 32.9 Å². The second-order valence-electron chi connectivity index (χ2n) is 17.3. The van der Waals surface area contributed by atoms with Crippen LogP contribution in [0.5, 0.6) is 6.01 Å². The molecule has 3 saturated heterocycles. The van der Waals surface area contributed by atoms with Gasteiger partial charge >= 0.3 is 6.01 Å². The highest BCUT2D eigenvalue weighted by molar-refractivity contribution is 6.90. The first-order valence-corrected chi connectivity index (χ1v) is 22.4. The summed E-state index contributed by atoms with van der Waals surface area (Å²) in [5, 5.41) is -0.578. The number of ether oxygens (including phenoxy) is 1. The van der Waals surface area contributed by atoms with Crippen LogP contribution in [0.15, 0.2) is 18.3 Å². The van der Waals surface area contributed by atoms with Crippen molar-refractivity contribution in [2.45, 2.75) is 121 Å². The zero-order valence-electron chi connectivity index (χ0n) is 35.1. The summed E-state index contributed by atoms with van der Waals surface area (Å²) in [6, 6.07) is 1.32. The maximum atomic E-state index is 17.5. The second kappa shape index (κ2) is 14.6. The molecule has 4 aliphatic rings. The van der Waals surface area contributed by atoms with Gasteiger partial charge in [-0.15, -0.1) is 5.54 Å². The third-order valence-corrected chi connectivity index (χ3v) is 19.5. The standard InChI is InChI=1S/C43H50F6N6OSi/c1-22(2)57(23(3)4,24(5)6)15-11-27-32-29(34(46)36(48)33(27)45)16-26(50)17-30(32)38-37(49)39-31(19-51-38)41(55-14-8-7-10-28-35(47)40(28)55)53-42(52-39)56-21-43-12-9-13-54(43)20-25(44)18-43/h16-17,19,22-25,28,35,40H,7-10,12-14,18,20-21,50H2,1-6H3/t25-,28+,35+,40+,43+/m1/s1/i21D2. The van der Waals surface area contributed by atoms with E-state index in [1.165, 1.54) is 12.3 Å². The molecule has 2 aromatic heterocycles. The summed E-state index contributed by atoms with van der Waals surface area (Å²) in [7, 11) is -2.56. The first kappa shape index (κ1) is 37.2. The maximum Gasteiger partial charge on any atom is 0.319 e. The van der Waals surface area contributed by atoms with E-state index in [1.807, 2.05) is 0 Å². The molecule has 8 rings (SSSR count). The van der Waals surface area contributed by atoms with Crippen LogP contribution in [-0.2, 0) is 0 Å². The van der Waals surface area contributed by atoms with Crippen molar-refractivity contribution in [1.29, 1.82) is 0 Å². The molecule has 5 atom stereocenters. The molecule has 14 heteroatoms. The molecule has 7 nitrogen and oxygen atoms in total. The highest BCUT2D eigenvalue weighted by atomic mass is 28.3. The molecule has 5 heterocycles. The lowest BCUT2D eigenvalue weighted by atomic mass is 9.94. The Labute approximate surface area is 333 Å². The third-order valence-electron chi connectivity index (χ3n) is 13.2. The number of pyridine rings is 1. The van der Waals surface area contributed by atoms with E-state index >= 15 is 22.0 Å². The van der Waals surface area contributed by atoms with Gasteiger partial charge in [0.25, 0.3) is 0 Å². The zero-order chi connectivity index (χ0) is 42.5. The Morgan fingerprint density at radius 2 is 1.68 bits per heavy atom. The van der Waals surface area contributed by atoms with Crippen molar-refractivity contribution >= 4 is 41.3 Å². The average Bonchev–Trinajstić information content (AvgIpc) is 3.53. The zero-order valence-corrected chi connectivity index (χ0v) is 34.1. The summed E-state index contributed by atoms with van der Waals surface area (Å²) in [4.78, 5) is 16.9. The minimum absolute atomic E-state index is 0.0479. The number of nitrogen functional groups attached to an aromatic ring is 1. The lowest BCUT2D eigenvalue weighted by molar-refractivity contribution is 0.107. The molecule has 0 amide bonds. The summed E-state index contributed by atoms with van der Waals surface area (Å²) in [6.45, 7) is 10.7. The van der Waals surface area contributed by atoms with E-state index in [0.29, 0.717) is 38.8 Å². The number of fused-ring (bicyclic) bond motifs is 4. The number of hydrogen-bond donors (Lipinski definition) is 1. The molecule has 3 aliphatic heterocycles. The number of hydrogen-bond acceptors (Lipinski definition) is 7. The normalized spacial score (nSPS) is 25.8. The van der Waals surface area contributed by atoms with Gasteiger partial charge in [0.2, 0.25) is 0 Å². The van der Waals surface area contributed by atoms with E-state index in [-0.39, 0.29) is 68.9 Å². The topological polar surface area (TPSA) is 80.4 Å². The third kappa shape index (κ3) is 6.42. The lowest BCUT2D eigenvalue weighted by Crippen LogP contribution is -2.43. The van der Waals surface area contributed by atoms with Crippen molar-refractivity contribution < 1.29 is 33.8 Å². The smallest absolute Gasteiger partial charge is 0.319 e. The predicted molar refractivity (Wildman–Crippen MR) is 214 cm³/mol. The molecule has 0 unspecified atom stereocenters. The van der Waals surface area contributed by atoms with Crippen molar-refractivity contribution in [1.82, 2.24) is 19.9 Å². The van der Waals surface area contributed by atoms with Gasteiger partial charge < -0.3 is 15.4 Å². The predicted octanol–water partition coefficient (Wildman–Crippen LogP) is 9.84. The number of benzene rings is 2. The van der Waals surface area contributed by atoms with E-state index in [1.54, 1.807) is 9.80 Å². The Morgan fingerprint density at radius 1 is 0.947 bits per heavy atom. The van der Waals surface area contributed by atoms with Gasteiger partial charge in [-0.1, -0.05) is 53.9 Å². The van der Waals surface area contributed by atoms with Crippen LogP contribution in [0.4, 0.5) is 37.8 Å². The fourth-order valence-corrected chi connectivity index (χ4v) is 15.6. The van der Waals surface area contributed by atoms with E-state index in [0.717, 1.165) is 12.5 Å². The fraction of sp³-hybridized carbons (Fsp3) is 0.558. The van der Waals surface area contributed by atoms with Crippen molar-refractivity contribution in [3.63, 3.8) is 0 Å². The largest absolute Gasteiger partial charge is 0.461 e. The average molecular weight is 811 g/mol. The van der Waals surface area contributed by atoms with Crippen molar-refractivity contribution in [3.05, 3.63) is 47.2 Å². The van der Waals surface area contributed by atoms with Gasteiger partial charge in [-0.05, 0) is 61.0 Å². The number of halogens is 6. The molecule has 0 spiro atoms. The Hall–Kier alpha value is -4.09. The second-order valence-corrected chi connectivity index (χ2v) is 22.9. The minimum atomic E-state index is -2.56. The van der Waals surface area contributed by atoms with Gasteiger partial charge in [0, 0.05) is 53.6 Å². The Morgan fingerprint density at radius 3 is 2.40 bits per heavy atom. The molecule has 304 valence electrons. The van der Waals surface area contributed by atoms with E-state index in [2.05, 4.69) is 68.0 Å². The van der Waals surface area contributed by atoms with E-state index in [9.17, 15) is 4.39 Å². The molecule has 2 aromatic carbocycles. The van der Waals surface area contributed by atoms with Crippen molar-refractivity contribution in [2.24, 2.45) is 5.92 Å². The summed E-state index contributed by atoms with van der Waals surface area (Å²) in [5.41, 5.74) is 7.11. The molecular formula is C43H50F6N6OSi. The summed E-state index contributed by atoms with van der Waals surface area (Å²) in [5.74, 6) is -3.14. The van der Waals surface area contributed by atoms with Crippen LogP contribution in [-0.4, -0.2) is 78.0 Å². The first-order chi connectivity index (χ1) is 27.8. The molecule has 1 saturated carbocycles. The van der Waals surface area contributed by atoms with Gasteiger partial charge in [-0.2, -0.15) is 9.97 Å². The summed E-state index contributed by atoms with van der Waals surface area (Å²) >= 11 is 0. The molecule has 0 radical (unpaired) electrons. The van der Waals surface area contributed by atoms with Crippen molar-refractivity contribution in [3.8, 4) is 28.7 Å². The summed E-state index contributed by atoms with van der Waals surface area (Å²) < 4.78 is 119. The first-order valence-electron chi connectivity index (χ1n) is 21.1. The van der Waals surface area contributed by atoms with E-state index in [4.69, 9.17) is 13.2 Å². The molecule has 4 fully saturated rings. The number of nitrogens with zero attached hydrogens (tertiary/aromatic N) is 5. The molecule has 57 heavy (non-hydrogen) atoms. The van der Waals surface area contributed by atoms with Gasteiger partial charge in [0.05, 0.1) is 25.3 Å². The van der Waals surface area contributed by atoms with Crippen LogP contribution in [0.2, 0.25) is 16.6 Å². The SMILES string of the molecule is [2H]C([2H])(Oc1nc(N2CCCC[C@H]3[C@H](F)[C@H]32)c2cnc(-c3cc(N)cc4c(F)c(F)c(F)c(C#C[Si](C(C)C)(C(C)C)C(C)C)c34)c(F)c2n1)[C@@]12CCCN1C[C@H](F)C2. The van der Waals surface area contributed by atoms with Crippen LogP contribution < -0.4 is 15.4 Å². The van der Waals surface area contributed by atoms with E-state index < -0.39 is 84.5 Å². The van der Waals surface area contributed by atoms with Gasteiger partial charge in [-0.25, -0.2) is 26.3 Å². The van der Waals surface area contributed by atoms with Gasteiger partial charge in [0.15, 0.2) is 23.3 Å². The molecule has 0 bridgehead atoms. The quantitative estimate of drug-likeness (QED) is 0.0624. The van der Waals surface area contributed by atoms with Crippen LogP contribution in [0.3, 0.4) is 0 Å². The van der Waals surface area contributed by atoms with Crippen LogP contribution in [0.1, 0.15) is 88.4 Å². The minimum Gasteiger partial charge on any atom is -0.461 e. The number of rotatable bonds is 8. The van der Waals surface area contributed by atoms with Crippen molar-refractivity contribution in [2.75, 3.05) is 36.8 Å². The van der Waals surface area contributed by atoms with Crippen LogP contribution in [0, 0.1) is 40.7 Å². The Kier molecular flexibility index (Phi) is 9.54. The number of nitrogens with two attached hydrogens (primary N) is 1. The number of anilines is 2. The highest BCUT2D eigenvalue weighted by Gasteiger charge is 2.56. The van der Waals surface area contributed by atoms with Gasteiger partial charge in [-0.3, -0.25) is 9.88 Å². The highest BCUT2D eigenvalue weighted by Crippen LogP contribution is 2.49. The fourth-order valence-electron chi connectivity index (χ4n) is 10.4. The summed E-state index contributed by atoms with van der Waals surface area (Å²) in [6.07, 6.45) is 1.79. The number of alkyl halides is 2.